The Labute approximate surface area is 190 Å². The van der Waals surface area contributed by atoms with Crippen molar-refractivity contribution in [3.63, 3.8) is 0 Å². The van der Waals surface area contributed by atoms with E-state index in [4.69, 9.17) is 10.5 Å². The van der Waals surface area contributed by atoms with Gasteiger partial charge in [-0.05, 0) is 48.4 Å². The highest BCUT2D eigenvalue weighted by molar-refractivity contribution is 7.07. The van der Waals surface area contributed by atoms with Gasteiger partial charge in [0, 0.05) is 0 Å². The SMILES string of the molecule is CCOC(=O)C1=c2sc(=Cc3cccc(F)c3)c(=O)n2C(N)=C(C#N)[C@H]1c1cccc(F)c1. The van der Waals surface area contributed by atoms with E-state index in [1.807, 2.05) is 6.07 Å². The van der Waals surface area contributed by atoms with Crippen molar-refractivity contribution < 1.29 is 18.3 Å². The summed E-state index contributed by atoms with van der Waals surface area (Å²) < 4.78 is 34.3. The molecule has 3 aromatic rings. The zero-order valence-corrected chi connectivity index (χ0v) is 18.2. The number of ether oxygens (including phenoxy) is 1. The Morgan fingerprint density at radius 3 is 2.58 bits per heavy atom. The number of nitrogens with zero attached hydrogens (tertiary/aromatic N) is 2. The number of carbonyl (C=O) groups excluding carboxylic acids is 1. The van der Waals surface area contributed by atoms with Crippen molar-refractivity contribution in [3.05, 3.63) is 96.4 Å². The van der Waals surface area contributed by atoms with Gasteiger partial charge in [-0.1, -0.05) is 24.3 Å². The van der Waals surface area contributed by atoms with Crippen molar-refractivity contribution in [1.29, 1.82) is 5.26 Å². The molecule has 1 aliphatic heterocycles. The van der Waals surface area contributed by atoms with Crippen LogP contribution in [-0.4, -0.2) is 17.1 Å². The maximum atomic E-state index is 14.0. The van der Waals surface area contributed by atoms with Crippen LogP contribution in [0.2, 0.25) is 0 Å². The molecule has 2 N–H and O–H groups in total. The van der Waals surface area contributed by atoms with E-state index in [1.165, 1.54) is 42.5 Å². The minimum atomic E-state index is -1.02. The molecule has 2 heterocycles. The zero-order valence-electron chi connectivity index (χ0n) is 17.3. The van der Waals surface area contributed by atoms with Crippen LogP contribution < -0.4 is 20.5 Å². The van der Waals surface area contributed by atoms with Gasteiger partial charge in [0.15, 0.2) is 0 Å². The molecule has 0 bridgehead atoms. The van der Waals surface area contributed by atoms with Crippen molar-refractivity contribution >= 4 is 34.8 Å². The zero-order chi connectivity index (χ0) is 23.7. The average Bonchev–Trinajstić information content (AvgIpc) is 3.09. The number of allylic oxidation sites excluding steroid dienone is 1. The molecule has 0 fully saturated rings. The fraction of sp³-hybridized carbons (Fsp3) is 0.125. The standard InChI is InChI=1S/C24H17F2N3O3S/c1-2-32-24(31)20-19(14-6-4-8-16(26)11-14)17(12-27)21(28)29-22(30)18(33-23(20)29)10-13-5-3-7-15(25)9-13/h3-11,19H,2,28H2,1H3/t19-/m1/s1. The van der Waals surface area contributed by atoms with Crippen molar-refractivity contribution in [2.75, 3.05) is 6.61 Å². The number of hydrogen-bond acceptors (Lipinski definition) is 6. The van der Waals surface area contributed by atoms with Gasteiger partial charge in [0.2, 0.25) is 0 Å². The number of benzene rings is 2. The second-order valence-corrected chi connectivity index (χ2v) is 8.17. The fourth-order valence-corrected chi connectivity index (χ4v) is 4.89. The first kappa shape index (κ1) is 22.2. The van der Waals surface area contributed by atoms with Crippen LogP contribution in [0.5, 0.6) is 0 Å². The van der Waals surface area contributed by atoms with Crippen LogP contribution in [-0.2, 0) is 9.53 Å². The molecule has 1 aliphatic rings. The third-order valence-electron chi connectivity index (χ3n) is 5.09. The predicted molar refractivity (Wildman–Crippen MR) is 120 cm³/mol. The van der Waals surface area contributed by atoms with Gasteiger partial charge >= 0.3 is 5.97 Å². The molecule has 2 aromatic carbocycles. The van der Waals surface area contributed by atoms with Gasteiger partial charge in [-0.2, -0.15) is 5.26 Å². The number of thiazole rings is 1. The van der Waals surface area contributed by atoms with Crippen LogP contribution in [0, 0.1) is 23.0 Å². The average molecular weight is 465 g/mol. The number of fused-ring (bicyclic) bond motifs is 1. The minimum absolute atomic E-state index is 0.00851. The number of aromatic nitrogens is 1. The summed E-state index contributed by atoms with van der Waals surface area (Å²) in [5, 5.41) is 9.87. The molecule has 1 atom stereocenters. The summed E-state index contributed by atoms with van der Waals surface area (Å²) in [6.07, 6.45) is 1.47. The highest BCUT2D eigenvalue weighted by Gasteiger charge is 2.36. The molecule has 0 saturated carbocycles. The molecule has 4 rings (SSSR count). The molecule has 0 spiro atoms. The van der Waals surface area contributed by atoms with Crippen LogP contribution in [0.3, 0.4) is 0 Å². The number of nitrogens with two attached hydrogens (primary N) is 1. The molecule has 6 nitrogen and oxygen atoms in total. The maximum Gasteiger partial charge on any atom is 0.338 e. The van der Waals surface area contributed by atoms with E-state index in [0.29, 0.717) is 11.1 Å². The molecule has 0 amide bonds. The van der Waals surface area contributed by atoms with Crippen LogP contribution in [0.15, 0.2) is 58.9 Å². The normalized spacial score (nSPS) is 15.9. The highest BCUT2D eigenvalue weighted by Crippen LogP contribution is 2.36. The van der Waals surface area contributed by atoms with Gasteiger partial charge in [-0.15, -0.1) is 11.3 Å². The summed E-state index contributed by atoms with van der Waals surface area (Å²) in [6, 6.07) is 13.1. The Morgan fingerprint density at radius 1 is 1.24 bits per heavy atom. The lowest BCUT2D eigenvalue weighted by molar-refractivity contribution is -0.136. The maximum absolute atomic E-state index is 14.0. The van der Waals surface area contributed by atoms with E-state index in [0.717, 1.165) is 15.9 Å². The topological polar surface area (TPSA) is 98.1 Å². The summed E-state index contributed by atoms with van der Waals surface area (Å²) in [5.74, 6) is -2.96. The number of halogens is 2. The first-order valence-electron chi connectivity index (χ1n) is 9.91. The third-order valence-corrected chi connectivity index (χ3v) is 6.20. The van der Waals surface area contributed by atoms with E-state index in [9.17, 15) is 23.6 Å². The summed E-state index contributed by atoms with van der Waals surface area (Å²) in [4.78, 5) is 26.2. The first-order chi connectivity index (χ1) is 15.8. The lowest BCUT2D eigenvalue weighted by Crippen LogP contribution is -2.40. The Balaban J connectivity index is 2.10. The lowest BCUT2D eigenvalue weighted by atomic mass is 9.84. The number of hydrogen-bond donors (Lipinski definition) is 1. The Bertz CT molecular complexity index is 1530. The van der Waals surface area contributed by atoms with Crippen molar-refractivity contribution in [2.24, 2.45) is 5.73 Å². The van der Waals surface area contributed by atoms with E-state index in [1.54, 1.807) is 19.1 Å². The second kappa shape index (κ2) is 8.84. The molecule has 0 unspecified atom stereocenters. The van der Waals surface area contributed by atoms with Crippen LogP contribution in [0.1, 0.15) is 24.0 Å². The first-order valence-corrected chi connectivity index (χ1v) is 10.7. The molecular weight excluding hydrogens is 448 g/mol. The van der Waals surface area contributed by atoms with Gasteiger partial charge < -0.3 is 10.5 Å². The van der Waals surface area contributed by atoms with E-state index < -0.39 is 29.1 Å². The highest BCUT2D eigenvalue weighted by atomic mass is 32.1. The largest absolute Gasteiger partial charge is 0.463 e. The molecule has 33 heavy (non-hydrogen) atoms. The summed E-state index contributed by atoms with van der Waals surface area (Å²) >= 11 is 0.961. The molecule has 1 aromatic heterocycles. The lowest BCUT2D eigenvalue weighted by Gasteiger charge is -2.24. The predicted octanol–water partition coefficient (Wildman–Crippen LogP) is 2.18. The molecule has 9 heteroatoms. The van der Waals surface area contributed by atoms with Gasteiger partial charge in [-0.3, -0.25) is 9.36 Å². The van der Waals surface area contributed by atoms with Gasteiger partial charge in [-0.25, -0.2) is 13.6 Å². The molecule has 0 radical (unpaired) electrons. The number of esters is 1. The van der Waals surface area contributed by atoms with Crippen LogP contribution in [0.4, 0.5) is 8.78 Å². The summed E-state index contributed by atoms with van der Waals surface area (Å²) in [6.45, 7) is 1.68. The van der Waals surface area contributed by atoms with Crippen molar-refractivity contribution in [2.45, 2.75) is 12.8 Å². The molecular formula is C24H17F2N3O3S. The Morgan fingerprint density at radius 2 is 1.94 bits per heavy atom. The van der Waals surface area contributed by atoms with Crippen LogP contribution >= 0.6 is 11.3 Å². The fourth-order valence-electron chi connectivity index (χ4n) is 3.72. The third kappa shape index (κ3) is 3.97. The summed E-state index contributed by atoms with van der Waals surface area (Å²) in [5.41, 5.74) is 6.35. The quantitative estimate of drug-likeness (QED) is 0.596. The Kier molecular flexibility index (Phi) is 5.94. The van der Waals surface area contributed by atoms with E-state index >= 15 is 0 Å². The van der Waals surface area contributed by atoms with Crippen LogP contribution in [0.25, 0.3) is 17.5 Å². The van der Waals surface area contributed by atoms with Gasteiger partial charge in [0.05, 0.1) is 34.3 Å². The number of carbonyl (C=O) groups is 1. The molecule has 0 saturated heterocycles. The smallest absolute Gasteiger partial charge is 0.338 e. The Hall–Kier alpha value is -4.03. The van der Waals surface area contributed by atoms with E-state index in [-0.39, 0.29) is 32.8 Å². The van der Waals surface area contributed by atoms with Gasteiger partial charge in [0.1, 0.15) is 22.1 Å². The van der Waals surface area contributed by atoms with Crippen molar-refractivity contribution in [3.8, 4) is 6.07 Å². The molecule has 0 aliphatic carbocycles. The van der Waals surface area contributed by atoms with Gasteiger partial charge in [0.25, 0.3) is 5.56 Å². The minimum Gasteiger partial charge on any atom is -0.463 e. The van der Waals surface area contributed by atoms with Crippen molar-refractivity contribution in [1.82, 2.24) is 4.57 Å². The monoisotopic (exact) mass is 465 g/mol. The van der Waals surface area contributed by atoms with E-state index in [2.05, 4.69) is 0 Å². The molecule has 166 valence electrons. The summed E-state index contributed by atoms with van der Waals surface area (Å²) in [7, 11) is 0. The number of rotatable bonds is 4. The number of nitriles is 1. The second-order valence-electron chi connectivity index (χ2n) is 7.14.